The first-order valence-electron chi connectivity index (χ1n) is 7.52. The predicted molar refractivity (Wildman–Crippen MR) is 88.7 cm³/mol. The molecule has 2 unspecified atom stereocenters. The van der Waals surface area contributed by atoms with Crippen LogP contribution in [-0.2, 0) is 6.42 Å². The highest BCUT2D eigenvalue weighted by Crippen LogP contribution is 2.39. The van der Waals surface area contributed by atoms with Crippen molar-refractivity contribution in [3.63, 3.8) is 0 Å². The lowest BCUT2D eigenvalue weighted by Gasteiger charge is -2.26. The first-order chi connectivity index (χ1) is 10.8. The summed E-state index contributed by atoms with van der Waals surface area (Å²) in [5, 5.41) is 5.40. The van der Waals surface area contributed by atoms with Crippen molar-refractivity contribution in [3.05, 3.63) is 64.2 Å². The highest BCUT2D eigenvalue weighted by Gasteiger charge is 2.37. The summed E-state index contributed by atoms with van der Waals surface area (Å²) in [5.74, 6) is 1.33. The number of ether oxygens (including phenoxy) is 1. The second-order valence-corrected chi connectivity index (χ2v) is 6.26. The van der Waals surface area contributed by atoms with Crippen LogP contribution in [0.5, 0.6) is 5.75 Å². The molecule has 2 aromatic rings. The summed E-state index contributed by atoms with van der Waals surface area (Å²) in [7, 11) is 1.71. The molecule has 0 radical (unpaired) electrons. The summed E-state index contributed by atoms with van der Waals surface area (Å²) in [5.41, 5.74) is 8.31. The zero-order valence-corrected chi connectivity index (χ0v) is 13.1. The van der Waals surface area contributed by atoms with Crippen molar-refractivity contribution in [2.24, 2.45) is 11.0 Å². The molecule has 3 nitrogen and oxygen atoms in total. The topological polar surface area (TPSA) is 33.6 Å². The summed E-state index contributed by atoms with van der Waals surface area (Å²) < 4.78 is 5.33. The maximum absolute atomic E-state index is 5.99. The van der Waals surface area contributed by atoms with E-state index in [0.29, 0.717) is 5.92 Å². The Morgan fingerprint density at radius 2 is 2.00 bits per heavy atom. The van der Waals surface area contributed by atoms with Crippen LogP contribution in [0.1, 0.15) is 29.2 Å². The first kappa shape index (κ1) is 13.6. The SMILES string of the molecule is COc1ccc2c(c1)CCC1C2=NNC1c1ccc(Cl)cc1. The molecule has 0 saturated carbocycles. The van der Waals surface area contributed by atoms with Crippen molar-refractivity contribution in [2.45, 2.75) is 18.9 Å². The fourth-order valence-electron chi connectivity index (χ4n) is 3.47. The van der Waals surface area contributed by atoms with Gasteiger partial charge in [-0.05, 0) is 54.3 Å². The number of aryl methyl sites for hydroxylation is 1. The van der Waals surface area contributed by atoms with E-state index in [1.807, 2.05) is 18.2 Å². The molecule has 0 amide bonds. The van der Waals surface area contributed by atoms with Gasteiger partial charge in [-0.2, -0.15) is 5.10 Å². The Hall–Kier alpha value is -2.00. The van der Waals surface area contributed by atoms with Crippen molar-refractivity contribution in [1.29, 1.82) is 0 Å². The molecule has 1 aliphatic heterocycles. The average molecular weight is 313 g/mol. The van der Waals surface area contributed by atoms with E-state index >= 15 is 0 Å². The van der Waals surface area contributed by atoms with Crippen molar-refractivity contribution in [1.82, 2.24) is 5.43 Å². The largest absolute Gasteiger partial charge is 0.497 e. The molecule has 4 heteroatoms. The van der Waals surface area contributed by atoms with E-state index in [0.717, 1.165) is 23.6 Å². The Morgan fingerprint density at radius 1 is 1.18 bits per heavy atom. The Labute approximate surface area is 134 Å². The number of rotatable bonds is 2. The predicted octanol–water partition coefficient (Wildman–Crippen LogP) is 3.96. The van der Waals surface area contributed by atoms with Crippen molar-refractivity contribution in [2.75, 3.05) is 7.11 Å². The lowest BCUT2D eigenvalue weighted by molar-refractivity contribution is 0.413. The average Bonchev–Trinajstić information content (AvgIpc) is 2.99. The molecule has 2 aliphatic rings. The summed E-state index contributed by atoms with van der Waals surface area (Å²) in [6.45, 7) is 0. The number of fused-ring (bicyclic) bond motifs is 3. The van der Waals surface area contributed by atoms with Crippen LogP contribution < -0.4 is 10.2 Å². The molecule has 2 atom stereocenters. The van der Waals surface area contributed by atoms with Gasteiger partial charge in [-0.15, -0.1) is 0 Å². The van der Waals surface area contributed by atoms with Crippen molar-refractivity contribution in [3.8, 4) is 5.75 Å². The minimum absolute atomic E-state index is 0.238. The fourth-order valence-corrected chi connectivity index (χ4v) is 3.60. The molecule has 1 N–H and O–H groups in total. The standard InChI is InChI=1S/C18H17ClN2O/c1-22-14-7-9-15-12(10-14)4-8-16-17(20-21-18(15)16)11-2-5-13(19)6-3-11/h2-3,5-7,9-10,16-17,20H,4,8H2,1H3. The second kappa shape index (κ2) is 5.33. The van der Waals surface area contributed by atoms with Gasteiger partial charge < -0.3 is 10.2 Å². The molecule has 0 saturated heterocycles. The van der Waals surface area contributed by atoms with Crippen LogP contribution in [0.2, 0.25) is 5.02 Å². The smallest absolute Gasteiger partial charge is 0.119 e. The van der Waals surface area contributed by atoms with E-state index in [4.69, 9.17) is 16.3 Å². The third-order valence-corrected chi connectivity index (χ3v) is 4.87. The van der Waals surface area contributed by atoms with Gasteiger partial charge in [0.05, 0.1) is 18.9 Å². The van der Waals surface area contributed by atoms with Crippen LogP contribution >= 0.6 is 11.6 Å². The molecule has 1 heterocycles. The molecule has 4 rings (SSSR count). The van der Waals surface area contributed by atoms with Gasteiger partial charge in [0, 0.05) is 16.5 Å². The van der Waals surface area contributed by atoms with E-state index in [-0.39, 0.29) is 6.04 Å². The minimum atomic E-state index is 0.238. The van der Waals surface area contributed by atoms with Crippen LogP contribution in [0, 0.1) is 5.92 Å². The van der Waals surface area contributed by atoms with Crippen LogP contribution in [-0.4, -0.2) is 12.8 Å². The normalized spacial score (nSPS) is 22.4. The molecule has 0 bridgehead atoms. The van der Waals surface area contributed by atoms with Gasteiger partial charge in [0.15, 0.2) is 0 Å². The monoisotopic (exact) mass is 312 g/mol. The van der Waals surface area contributed by atoms with Gasteiger partial charge >= 0.3 is 0 Å². The maximum Gasteiger partial charge on any atom is 0.119 e. The summed E-state index contributed by atoms with van der Waals surface area (Å²) in [4.78, 5) is 0. The molecular formula is C18H17ClN2O. The van der Waals surface area contributed by atoms with Crippen LogP contribution in [0.3, 0.4) is 0 Å². The first-order valence-corrected chi connectivity index (χ1v) is 7.90. The highest BCUT2D eigenvalue weighted by atomic mass is 35.5. The fraction of sp³-hybridized carbons (Fsp3) is 0.278. The zero-order chi connectivity index (χ0) is 15.1. The summed E-state index contributed by atoms with van der Waals surface area (Å²) in [6.07, 6.45) is 2.15. The maximum atomic E-state index is 5.99. The Bertz CT molecular complexity index is 739. The van der Waals surface area contributed by atoms with Gasteiger partial charge in [-0.1, -0.05) is 23.7 Å². The number of hydrogen-bond acceptors (Lipinski definition) is 3. The molecular weight excluding hydrogens is 296 g/mol. The van der Waals surface area contributed by atoms with Gasteiger partial charge in [0.1, 0.15) is 5.75 Å². The summed E-state index contributed by atoms with van der Waals surface area (Å²) >= 11 is 5.99. The quantitative estimate of drug-likeness (QED) is 0.910. The number of methoxy groups -OCH3 is 1. The third kappa shape index (κ3) is 2.17. The van der Waals surface area contributed by atoms with E-state index in [1.54, 1.807) is 7.11 Å². The Kier molecular flexibility index (Phi) is 3.30. The lowest BCUT2D eigenvalue weighted by Crippen LogP contribution is -2.26. The minimum Gasteiger partial charge on any atom is -0.497 e. The van der Waals surface area contributed by atoms with Gasteiger partial charge in [0.25, 0.3) is 0 Å². The molecule has 0 aromatic heterocycles. The van der Waals surface area contributed by atoms with Crippen LogP contribution in [0.25, 0.3) is 0 Å². The Morgan fingerprint density at radius 3 is 2.77 bits per heavy atom. The number of halogens is 1. The molecule has 112 valence electrons. The van der Waals surface area contributed by atoms with Crippen LogP contribution in [0.15, 0.2) is 47.6 Å². The number of nitrogens with one attached hydrogen (secondary N) is 1. The second-order valence-electron chi connectivity index (χ2n) is 5.82. The number of benzene rings is 2. The van der Waals surface area contributed by atoms with E-state index in [2.05, 4.69) is 34.8 Å². The molecule has 22 heavy (non-hydrogen) atoms. The highest BCUT2D eigenvalue weighted by molar-refractivity contribution is 6.30. The van der Waals surface area contributed by atoms with E-state index < -0.39 is 0 Å². The molecule has 2 aromatic carbocycles. The van der Waals surface area contributed by atoms with Crippen LogP contribution in [0.4, 0.5) is 0 Å². The lowest BCUT2D eigenvalue weighted by atomic mass is 9.77. The number of hydrogen-bond donors (Lipinski definition) is 1. The zero-order valence-electron chi connectivity index (χ0n) is 12.3. The molecule has 0 fully saturated rings. The Balaban J connectivity index is 1.66. The molecule has 0 spiro atoms. The van der Waals surface area contributed by atoms with Crippen molar-refractivity contribution >= 4 is 17.3 Å². The third-order valence-electron chi connectivity index (χ3n) is 4.62. The van der Waals surface area contributed by atoms with E-state index in [1.165, 1.54) is 22.4 Å². The van der Waals surface area contributed by atoms with Gasteiger partial charge in [0.2, 0.25) is 0 Å². The molecule has 1 aliphatic carbocycles. The summed E-state index contributed by atoms with van der Waals surface area (Å²) in [6, 6.07) is 14.6. The number of hydrazone groups is 1. The van der Waals surface area contributed by atoms with Gasteiger partial charge in [-0.25, -0.2) is 0 Å². The van der Waals surface area contributed by atoms with E-state index in [9.17, 15) is 0 Å². The number of nitrogens with zero attached hydrogens (tertiary/aromatic N) is 1. The van der Waals surface area contributed by atoms with Gasteiger partial charge in [-0.3, -0.25) is 0 Å². The van der Waals surface area contributed by atoms with Crippen molar-refractivity contribution < 1.29 is 4.74 Å².